The average molecular weight is 325 g/mol. The highest BCUT2D eigenvalue weighted by Gasteiger charge is 2.13. The Morgan fingerprint density at radius 3 is 2.95 bits per heavy atom. The van der Waals surface area contributed by atoms with Gasteiger partial charge in [0, 0.05) is 12.5 Å². The second kappa shape index (κ2) is 5.88. The minimum atomic E-state index is -0.300. The van der Waals surface area contributed by atoms with E-state index in [1.807, 2.05) is 24.3 Å². The fourth-order valence-electron chi connectivity index (χ4n) is 1.50. The van der Waals surface area contributed by atoms with Gasteiger partial charge in [0.2, 0.25) is 0 Å². The number of esters is 1. The Morgan fingerprint density at radius 2 is 2.26 bits per heavy atom. The van der Waals surface area contributed by atoms with E-state index in [-0.39, 0.29) is 5.97 Å². The maximum Gasteiger partial charge on any atom is 0.311 e. The standard InChI is InChI=1S/C13H13BrN2O3/c1-3-12(17)19-11-8-15-16(13(11)14)9-5-4-6-10(7-9)18-2/h4-8H,3H2,1-2H3. The van der Waals surface area contributed by atoms with Gasteiger partial charge in [0.1, 0.15) is 5.75 Å². The summed E-state index contributed by atoms with van der Waals surface area (Å²) in [5, 5.41) is 4.19. The van der Waals surface area contributed by atoms with Crippen molar-refractivity contribution in [2.45, 2.75) is 13.3 Å². The molecule has 2 aromatic rings. The van der Waals surface area contributed by atoms with Gasteiger partial charge in [0.25, 0.3) is 0 Å². The Bertz CT molecular complexity index is 595. The molecular formula is C13H13BrN2O3. The highest BCUT2D eigenvalue weighted by molar-refractivity contribution is 9.10. The Labute approximate surface area is 119 Å². The molecule has 0 atom stereocenters. The molecule has 0 saturated carbocycles. The first-order valence-electron chi connectivity index (χ1n) is 5.74. The van der Waals surface area contributed by atoms with E-state index in [1.165, 1.54) is 6.20 Å². The number of methoxy groups -OCH3 is 1. The molecule has 0 fully saturated rings. The van der Waals surface area contributed by atoms with Crippen molar-refractivity contribution in [3.05, 3.63) is 35.1 Å². The number of ether oxygens (including phenoxy) is 2. The Balaban J connectivity index is 2.33. The average Bonchev–Trinajstić information content (AvgIpc) is 2.80. The molecule has 0 aliphatic carbocycles. The van der Waals surface area contributed by atoms with Crippen LogP contribution in [0.15, 0.2) is 35.1 Å². The van der Waals surface area contributed by atoms with Crippen molar-refractivity contribution in [3.8, 4) is 17.2 Å². The topological polar surface area (TPSA) is 53.3 Å². The summed E-state index contributed by atoms with van der Waals surface area (Å²) < 4.78 is 12.5. The van der Waals surface area contributed by atoms with E-state index < -0.39 is 0 Å². The third-order valence-corrected chi connectivity index (χ3v) is 3.22. The van der Waals surface area contributed by atoms with Gasteiger partial charge in [0.15, 0.2) is 10.4 Å². The quantitative estimate of drug-likeness (QED) is 0.811. The lowest BCUT2D eigenvalue weighted by atomic mass is 10.3. The zero-order valence-electron chi connectivity index (χ0n) is 10.6. The summed E-state index contributed by atoms with van der Waals surface area (Å²) in [6.07, 6.45) is 1.81. The van der Waals surface area contributed by atoms with E-state index in [1.54, 1.807) is 18.7 Å². The Morgan fingerprint density at radius 1 is 1.47 bits per heavy atom. The molecule has 6 heteroatoms. The lowest BCUT2D eigenvalue weighted by Gasteiger charge is -2.06. The molecule has 0 bridgehead atoms. The van der Waals surface area contributed by atoms with E-state index in [0.717, 1.165) is 11.4 Å². The fourth-order valence-corrected chi connectivity index (χ4v) is 1.98. The fraction of sp³-hybridized carbons (Fsp3) is 0.231. The van der Waals surface area contributed by atoms with E-state index in [2.05, 4.69) is 21.0 Å². The predicted molar refractivity (Wildman–Crippen MR) is 73.7 cm³/mol. The Hall–Kier alpha value is -1.82. The summed E-state index contributed by atoms with van der Waals surface area (Å²) in [6, 6.07) is 7.42. The first kappa shape index (κ1) is 13.6. The van der Waals surface area contributed by atoms with Crippen LogP contribution >= 0.6 is 15.9 Å². The minimum Gasteiger partial charge on any atom is -0.497 e. The van der Waals surface area contributed by atoms with Crippen molar-refractivity contribution < 1.29 is 14.3 Å². The monoisotopic (exact) mass is 324 g/mol. The number of hydrogen-bond acceptors (Lipinski definition) is 4. The molecule has 0 radical (unpaired) electrons. The Kier molecular flexibility index (Phi) is 4.21. The van der Waals surface area contributed by atoms with Gasteiger partial charge in [-0.05, 0) is 28.1 Å². The van der Waals surface area contributed by atoms with Crippen molar-refractivity contribution in [1.29, 1.82) is 0 Å². The van der Waals surface area contributed by atoms with Crippen LogP contribution in [0.25, 0.3) is 5.69 Å². The molecule has 19 heavy (non-hydrogen) atoms. The third-order valence-electron chi connectivity index (χ3n) is 2.49. The second-order valence-electron chi connectivity index (χ2n) is 3.74. The van der Waals surface area contributed by atoms with E-state index in [9.17, 15) is 4.79 Å². The third kappa shape index (κ3) is 2.96. The van der Waals surface area contributed by atoms with Crippen LogP contribution in [-0.4, -0.2) is 22.9 Å². The van der Waals surface area contributed by atoms with Gasteiger partial charge in [-0.3, -0.25) is 4.79 Å². The van der Waals surface area contributed by atoms with Gasteiger partial charge in [0.05, 0.1) is 19.0 Å². The number of aromatic nitrogens is 2. The molecule has 0 aliphatic heterocycles. The van der Waals surface area contributed by atoms with Crippen LogP contribution in [0.1, 0.15) is 13.3 Å². The van der Waals surface area contributed by atoms with Crippen LogP contribution < -0.4 is 9.47 Å². The maximum absolute atomic E-state index is 11.3. The summed E-state index contributed by atoms with van der Waals surface area (Å²) in [4.78, 5) is 11.3. The van der Waals surface area contributed by atoms with Crippen LogP contribution in [0.2, 0.25) is 0 Å². The van der Waals surface area contributed by atoms with Gasteiger partial charge in [-0.15, -0.1) is 0 Å². The van der Waals surface area contributed by atoms with Gasteiger partial charge in [-0.25, -0.2) is 4.68 Å². The molecule has 0 unspecified atom stereocenters. The normalized spacial score (nSPS) is 10.3. The molecule has 1 heterocycles. The number of carbonyl (C=O) groups excluding carboxylic acids is 1. The van der Waals surface area contributed by atoms with Gasteiger partial charge >= 0.3 is 5.97 Å². The summed E-state index contributed by atoms with van der Waals surface area (Å²) in [5.74, 6) is 0.826. The summed E-state index contributed by atoms with van der Waals surface area (Å²) in [5.41, 5.74) is 0.810. The maximum atomic E-state index is 11.3. The van der Waals surface area contributed by atoms with Crippen molar-refractivity contribution in [1.82, 2.24) is 9.78 Å². The van der Waals surface area contributed by atoms with Crippen molar-refractivity contribution in [2.24, 2.45) is 0 Å². The number of rotatable bonds is 4. The predicted octanol–water partition coefficient (Wildman–Crippen LogP) is 2.96. The van der Waals surface area contributed by atoms with Crippen LogP contribution in [0.4, 0.5) is 0 Å². The first-order chi connectivity index (χ1) is 9.15. The van der Waals surface area contributed by atoms with Crippen molar-refractivity contribution in [3.63, 3.8) is 0 Å². The number of nitrogens with zero attached hydrogens (tertiary/aromatic N) is 2. The van der Waals surface area contributed by atoms with Gasteiger partial charge in [-0.2, -0.15) is 5.10 Å². The summed E-state index contributed by atoms with van der Waals surface area (Å²) >= 11 is 3.37. The van der Waals surface area contributed by atoms with Crippen LogP contribution in [0, 0.1) is 0 Å². The molecule has 1 aromatic carbocycles. The van der Waals surface area contributed by atoms with Gasteiger partial charge < -0.3 is 9.47 Å². The molecule has 1 aromatic heterocycles. The molecule has 100 valence electrons. The van der Waals surface area contributed by atoms with Crippen LogP contribution in [0.3, 0.4) is 0 Å². The lowest BCUT2D eigenvalue weighted by Crippen LogP contribution is -2.05. The van der Waals surface area contributed by atoms with E-state index in [0.29, 0.717) is 16.8 Å². The largest absolute Gasteiger partial charge is 0.497 e. The smallest absolute Gasteiger partial charge is 0.311 e. The molecule has 2 rings (SSSR count). The molecule has 0 N–H and O–H groups in total. The van der Waals surface area contributed by atoms with Crippen molar-refractivity contribution in [2.75, 3.05) is 7.11 Å². The van der Waals surface area contributed by atoms with Gasteiger partial charge in [-0.1, -0.05) is 13.0 Å². The first-order valence-corrected chi connectivity index (χ1v) is 6.53. The molecule has 0 amide bonds. The van der Waals surface area contributed by atoms with E-state index >= 15 is 0 Å². The highest BCUT2D eigenvalue weighted by Crippen LogP contribution is 2.28. The number of halogens is 1. The highest BCUT2D eigenvalue weighted by atomic mass is 79.9. The molecule has 0 saturated heterocycles. The van der Waals surface area contributed by atoms with E-state index in [4.69, 9.17) is 9.47 Å². The molecule has 0 aliphatic rings. The van der Waals surface area contributed by atoms with Crippen LogP contribution in [0.5, 0.6) is 11.5 Å². The summed E-state index contributed by atoms with van der Waals surface area (Å²) in [6.45, 7) is 1.74. The molecular weight excluding hydrogens is 312 g/mol. The van der Waals surface area contributed by atoms with Crippen LogP contribution in [-0.2, 0) is 4.79 Å². The number of carbonyl (C=O) groups is 1. The number of hydrogen-bond donors (Lipinski definition) is 0. The zero-order valence-corrected chi connectivity index (χ0v) is 12.2. The second-order valence-corrected chi connectivity index (χ2v) is 4.49. The SMILES string of the molecule is CCC(=O)Oc1cnn(-c2cccc(OC)c2)c1Br. The summed E-state index contributed by atoms with van der Waals surface area (Å²) in [7, 11) is 1.60. The minimum absolute atomic E-state index is 0.300. The molecule has 0 spiro atoms. The van der Waals surface area contributed by atoms with Crippen molar-refractivity contribution >= 4 is 21.9 Å². The molecule has 5 nitrogen and oxygen atoms in total. The lowest BCUT2D eigenvalue weighted by molar-refractivity contribution is -0.134. The number of benzene rings is 1. The zero-order chi connectivity index (χ0) is 13.8.